The monoisotopic (exact) mass is 365 g/mol. The molecule has 1 saturated heterocycles. The number of benzene rings is 1. The predicted octanol–water partition coefficient (Wildman–Crippen LogP) is 5.59. The molecule has 5 heteroatoms. The van der Waals surface area contributed by atoms with Crippen LogP contribution in [0.25, 0.3) is 0 Å². The van der Waals surface area contributed by atoms with Gasteiger partial charge in [0.05, 0.1) is 17.2 Å². The molecule has 2 unspecified atom stereocenters. The molecule has 0 N–H and O–H groups in total. The van der Waals surface area contributed by atoms with Gasteiger partial charge in [-0.15, -0.1) is 0 Å². The van der Waals surface area contributed by atoms with Crippen LogP contribution >= 0.6 is 23.2 Å². The highest BCUT2D eigenvalue weighted by Gasteiger charge is 2.52. The van der Waals surface area contributed by atoms with Crippen LogP contribution in [-0.4, -0.2) is 17.2 Å². The molecule has 0 bridgehead atoms. The summed E-state index contributed by atoms with van der Waals surface area (Å²) in [6.45, 7) is 4.80. The van der Waals surface area contributed by atoms with Gasteiger partial charge in [-0.2, -0.15) is 0 Å². The first-order chi connectivity index (χ1) is 11.6. The van der Waals surface area contributed by atoms with E-state index in [9.17, 15) is 0 Å². The van der Waals surface area contributed by atoms with E-state index in [-0.39, 0.29) is 5.60 Å². The van der Waals surface area contributed by atoms with Crippen LogP contribution in [0.2, 0.25) is 10.0 Å². The molecule has 1 aromatic heterocycles. The molecule has 3 nitrogen and oxygen atoms in total. The van der Waals surface area contributed by atoms with Crippen molar-refractivity contribution in [3.63, 3.8) is 0 Å². The molecule has 24 heavy (non-hydrogen) atoms. The topological polar surface area (TPSA) is 31.4 Å². The second-order valence-electron chi connectivity index (χ2n) is 6.16. The molecule has 3 rings (SSSR count). The molecular weight excluding hydrogens is 345 g/mol. The summed E-state index contributed by atoms with van der Waals surface area (Å²) in [6.07, 6.45) is 6.32. The summed E-state index contributed by atoms with van der Waals surface area (Å²) in [4.78, 5) is 4.24. The number of ether oxygens (including phenoxy) is 2. The first kappa shape index (κ1) is 17.7. The Morgan fingerprint density at radius 3 is 2.67 bits per heavy atom. The van der Waals surface area contributed by atoms with Crippen molar-refractivity contribution in [2.75, 3.05) is 6.61 Å². The number of nitrogens with zero attached hydrogens (tertiary/aromatic N) is 1. The SMILES string of the molecule is CCCC1(CC)COC(c2cccnc2)(c2ccc(Cl)cc2Cl)O1. The maximum Gasteiger partial charge on any atom is 0.226 e. The zero-order valence-corrected chi connectivity index (χ0v) is 15.4. The molecule has 0 amide bonds. The number of halogens is 2. The quantitative estimate of drug-likeness (QED) is 0.692. The Morgan fingerprint density at radius 2 is 2.04 bits per heavy atom. The van der Waals surface area contributed by atoms with Crippen LogP contribution in [0.5, 0.6) is 0 Å². The Hall–Kier alpha value is -1.13. The minimum Gasteiger partial charge on any atom is -0.339 e. The summed E-state index contributed by atoms with van der Waals surface area (Å²) in [7, 11) is 0. The van der Waals surface area contributed by atoms with Gasteiger partial charge in [0.2, 0.25) is 5.79 Å². The van der Waals surface area contributed by atoms with E-state index in [4.69, 9.17) is 32.7 Å². The Morgan fingerprint density at radius 1 is 1.21 bits per heavy atom. The standard InChI is InChI=1S/C19H21Cl2NO2/c1-3-9-18(4-2)13-23-19(24-18,14-6-5-10-22-12-14)16-8-7-15(20)11-17(16)21/h5-8,10-12H,3-4,9,13H2,1-2H3. The largest absolute Gasteiger partial charge is 0.339 e. The Balaban J connectivity index is 2.14. The van der Waals surface area contributed by atoms with Gasteiger partial charge in [0.25, 0.3) is 0 Å². The fourth-order valence-corrected chi connectivity index (χ4v) is 3.80. The Labute approximate surface area is 152 Å². The number of rotatable bonds is 5. The van der Waals surface area contributed by atoms with E-state index in [1.807, 2.05) is 18.2 Å². The lowest BCUT2D eigenvalue weighted by Gasteiger charge is -2.33. The average molecular weight is 366 g/mol. The van der Waals surface area contributed by atoms with Gasteiger partial charge in [0.1, 0.15) is 0 Å². The summed E-state index contributed by atoms with van der Waals surface area (Å²) in [5, 5.41) is 1.10. The van der Waals surface area contributed by atoms with Crippen molar-refractivity contribution in [2.45, 2.75) is 44.5 Å². The lowest BCUT2D eigenvalue weighted by Crippen LogP contribution is -2.36. The third-order valence-corrected chi connectivity index (χ3v) is 5.12. The van der Waals surface area contributed by atoms with Crippen LogP contribution < -0.4 is 0 Å². The molecule has 0 spiro atoms. The van der Waals surface area contributed by atoms with Crippen LogP contribution in [-0.2, 0) is 15.3 Å². The molecule has 1 aromatic carbocycles. The van der Waals surface area contributed by atoms with Crippen LogP contribution in [0.3, 0.4) is 0 Å². The van der Waals surface area contributed by atoms with Crippen molar-refractivity contribution < 1.29 is 9.47 Å². The molecular formula is C19H21Cl2NO2. The van der Waals surface area contributed by atoms with Crippen molar-refractivity contribution in [2.24, 2.45) is 0 Å². The van der Waals surface area contributed by atoms with E-state index in [0.29, 0.717) is 16.7 Å². The second-order valence-corrected chi connectivity index (χ2v) is 7.00. The van der Waals surface area contributed by atoms with E-state index in [0.717, 1.165) is 30.4 Å². The second kappa shape index (κ2) is 7.01. The summed E-state index contributed by atoms with van der Waals surface area (Å²) in [5.74, 6) is -1.05. The number of pyridine rings is 1. The van der Waals surface area contributed by atoms with E-state index in [2.05, 4.69) is 18.8 Å². The summed E-state index contributed by atoms with van der Waals surface area (Å²) >= 11 is 12.6. The predicted molar refractivity (Wildman–Crippen MR) is 96.4 cm³/mol. The van der Waals surface area contributed by atoms with Gasteiger partial charge >= 0.3 is 0 Å². The molecule has 1 aliphatic heterocycles. The fourth-order valence-electron chi connectivity index (χ4n) is 3.27. The highest BCUT2D eigenvalue weighted by Crippen LogP contribution is 2.49. The maximum absolute atomic E-state index is 6.63. The van der Waals surface area contributed by atoms with Gasteiger partial charge in [0, 0.05) is 28.5 Å². The van der Waals surface area contributed by atoms with Crippen molar-refractivity contribution >= 4 is 23.2 Å². The van der Waals surface area contributed by atoms with Crippen LogP contribution in [0.4, 0.5) is 0 Å². The zero-order chi connectivity index (χ0) is 17.2. The fraction of sp³-hybridized carbons (Fsp3) is 0.421. The van der Waals surface area contributed by atoms with E-state index in [1.165, 1.54) is 0 Å². The molecule has 0 saturated carbocycles. The normalized spacial score (nSPS) is 26.7. The van der Waals surface area contributed by atoms with Gasteiger partial charge in [-0.25, -0.2) is 0 Å². The van der Waals surface area contributed by atoms with Crippen LogP contribution in [0, 0.1) is 0 Å². The minimum absolute atomic E-state index is 0.326. The van der Waals surface area contributed by atoms with Gasteiger partial charge in [-0.05, 0) is 31.0 Å². The smallest absolute Gasteiger partial charge is 0.226 e. The number of aromatic nitrogens is 1. The summed E-state index contributed by atoms with van der Waals surface area (Å²) in [5.41, 5.74) is 1.27. The van der Waals surface area contributed by atoms with Crippen LogP contribution in [0.1, 0.15) is 44.2 Å². The zero-order valence-electron chi connectivity index (χ0n) is 13.9. The molecule has 128 valence electrons. The van der Waals surface area contributed by atoms with Crippen molar-refractivity contribution in [3.8, 4) is 0 Å². The number of hydrogen-bond acceptors (Lipinski definition) is 3. The van der Waals surface area contributed by atoms with Crippen molar-refractivity contribution in [3.05, 3.63) is 63.9 Å². The Bertz CT molecular complexity index is 710. The minimum atomic E-state index is -1.05. The molecule has 1 aliphatic rings. The lowest BCUT2D eigenvalue weighted by atomic mass is 9.95. The molecule has 2 heterocycles. The van der Waals surface area contributed by atoms with Gasteiger partial charge in [-0.3, -0.25) is 4.98 Å². The highest BCUT2D eigenvalue weighted by atomic mass is 35.5. The molecule has 2 atom stereocenters. The van der Waals surface area contributed by atoms with Gasteiger partial charge in [0.15, 0.2) is 0 Å². The summed E-state index contributed by atoms with van der Waals surface area (Å²) in [6, 6.07) is 9.22. The third kappa shape index (κ3) is 3.06. The molecule has 1 fully saturated rings. The van der Waals surface area contributed by atoms with Gasteiger partial charge in [-0.1, -0.05) is 55.6 Å². The maximum atomic E-state index is 6.63. The Kier molecular flexibility index (Phi) is 5.16. The highest BCUT2D eigenvalue weighted by molar-refractivity contribution is 6.35. The number of hydrogen-bond donors (Lipinski definition) is 0. The molecule has 0 aliphatic carbocycles. The third-order valence-electron chi connectivity index (χ3n) is 4.58. The van der Waals surface area contributed by atoms with Crippen molar-refractivity contribution in [1.82, 2.24) is 4.98 Å². The van der Waals surface area contributed by atoms with Crippen LogP contribution in [0.15, 0.2) is 42.7 Å². The van der Waals surface area contributed by atoms with Gasteiger partial charge < -0.3 is 9.47 Å². The van der Waals surface area contributed by atoms with E-state index in [1.54, 1.807) is 24.5 Å². The first-order valence-electron chi connectivity index (χ1n) is 8.25. The summed E-state index contributed by atoms with van der Waals surface area (Å²) < 4.78 is 12.9. The lowest BCUT2D eigenvalue weighted by molar-refractivity contribution is -0.167. The van der Waals surface area contributed by atoms with Crippen molar-refractivity contribution in [1.29, 1.82) is 0 Å². The molecule has 2 aromatic rings. The molecule has 0 radical (unpaired) electrons. The van der Waals surface area contributed by atoms with E-state index < -0.39 is 5.79 Å². The first-order valence-corrected chi connectivity index (χ1v) is 9.01. The average Bonchev–Trinajstić information content (AvgIpc) is 2.97. The van der Waals surface area contributed by atoms with E-state index >= 15 is 0 Å².